The molecule has 0 bridgehead atoms. The van der Waals surface area contributed by atoms with Crippen LogP contribution in [0.1, 0.15) is 25.1 Å². The quantitative estimate of drug-likeness (QED) is 0.623. The highest BCUT2D eigenvalue weighted by molar-refractivity contribution is 5.78. The first-order valence-corrected chi connectivity index (χ1v) is 9.12. The van der Waals surface area contributed by atoms with Gasteiger partial charge >= 0.3 is 5.97 Å². The third kappa shape index (κ3) is 3.80. The number of benzene rings is 2. The lowest BCUT2D eigenvalue weighted by Crippen LogP contribution is -2.16. The minimum absolute atomic E-state index is 0.0158. The van der Waals surface area contributed by atoms with E-state index in [-0.39, 0.29) is 18.7 Å². The van der Waals surface area contributed by atoms with Crippen LogP contribution in [0.4, 0.5) is 0 Å². The van der Waals surface area contributed by atoms with E-state index in [0.717, 1.165) is 41.9 Å². The van der Waals surface area contributed by atoms with Gasteiger partial charge in [0, 0.05) is 12.3 Å². The van der Waals surface area contributed by atoms with Crippen LogP contribution in [0.15, 0.2) is 48.5 Å². The predicted molar refractivity (Wildman–Crippen MR) is 101 cm³/mol. The molecule has 1 aliphatic rings. The largest absolute Gasteiger partial charge is 0.497 e. The van der Waals surface area contributed by atoms with Gasteiger partial charge in [0.1, 0.15) is 12.4 Å². The molecule has 6 heteroatoms. The van der Waals surface area contributed by atoms with E-state index in [1.807, 2.05) is 53.1 Å². The Labute approximate surface area is 157 Å². The van der Waals surface area contributed by atoms with E-state index in [2.05, 4.69) is 4.98 Å². The van der Waals surface area contributed by atoms with E-state index in [4.69, 9.17) is 14.2 Å². The summed E-state index contributed by atoms with van der Waals surface area (Å²) in [5.41, 5.74) is 2.76. The van der Waals surface area contributed by atoms with Gasteiger partial charge in [-0.3, -0.25) is 9.36 Å². The van der Waals surface area contributed by atoms with E-state index in [0.29, 0.717) is 12.2 Å². The Kier molecular flexibility index (Phi) is 5.07. The van der Waals surface area contributed by atoms with Crippen LogP contribution >= 0.6 is 0 Å². The Morgan fingerprint density at radius 3 is 2.78 bits per heavy atom. The minimum atomic E-state index is -0.254. The second kappa shape index (κ2) is 7.80. The molecule has 1 saturated heterocycles. The van der Waals surface area contributed by atoms with E-state index in [1.165, 1.54) is 0 Å². The average molecular weight is 366 g/mol. The number of rotatable bonds is 6. The van der Waals surface area contributed by atoms with Crippen molar-refractivity contribution in [3.8, 4) is 11.4 Å². The van der Waals surface area contributed by atoms with Crippen molar-refractivity contribution < 1.29 is 19.0 Å². The Balaban J connectivity index is 1.58. The maximum absolute atomic E-state index is 12.2. The molecule has 1 aliphatic heterocycles. The van der Waals surface area contributed by atoms with E-state index >= 15 is 0 Å². The normalized spacial score (nSPS) is 16.6. The molecule has 2 heterocycles. The summed E-state index contributed by atoms with van der Waals surface area (Å²) in [6.07, 6.45) is 2.20. The molecule has 0 saturated carbocycles. The van der Waals surface area contributed by atoms with E-state index in [9.17, 15) is 4.79 Å². The highest BCUT2D eigenvalue weighted by atomic mass is 16.5. The van der Waals surface area contributed by atoms with Crippen molar-refractivity contribution in [2.45, 2.75) is 32.0 Å². The minimum Gasteiger partial charge on any atom is -0.497 e. The number of esters is 1. The third-order valence-electron chi connectivity index (χ3n) is 4.74. The number of carbonyl (C=O) groups excluding carboxylic acids is 1. The monoisotopic (exact) mass is 366 g/mol. The van der Waals surface area contributed by atoms with Crippen molar-refractivity contribution in [1.29, 1.82) is 0 Å². The van der Waals surface area contributed by atoms with Crippen LogP contribution < -0.4 is 4.74 Å². The fourth-order valence-corrected chi connectivity index (χ4v) is 3.39. The lowest BCUT2D eigenvalue weighted by Gasteiger charge is -2.12. The summed E-state index contributed by atoms with van der Waals surface area (Å²) in [6, 6.07) is 15.6. The van der Waals surface area contributed by atoms with Crippen LogP contribution in [0.5, 0.6) is 5.75 Å². The molecule has 6 nitrogen and oxygen atoms in total. The molecule has 2 aromatic carbocycles. The van der Waals surface area contributed by atoms with Crippen LogP contribution in [0.25, 0.3) is 16.7 Å². The summed E-state index contributed by atoms with van der Waals surface area (Å²) in [5, 5.41) is 0. The molecule has 0 N–H and O–H groups in total. The molecule has 1 atom stereocenters. The molecule has 1 fully saturated rings. The van der Waals surface area contributed by atoms with Gasteiger partial charge in [-0.05, 0) is 49.2 Å². The molecule has 0 spiro atoms. The van der Waals surface area contributed by atoms with E-state index in [1.54, 1.807) is 7.11 Å². The van der Waals surface area contributed by atoms with Gasteiger partial charge in [0.05, 0.1) is 30.7 Å². The molecule has 1 aromatic heterocycles. The summed E-state index contributed by atoms with van der Waals surface area (Å²) >= 11 is 0. The number of nitrogens with zero attached hydrogens (tertiary/aromatic N) is 2. The van der Waals surface area contributed by atoms with Crippen molar-refractivity contribution in [2.75, 3.05) is 13.7 Å². The van der Waals surface area contributed by atoms with Gasteiger partial charge in [0.25, 0.3) is 0 Å². The Hall–Kier alpha value is -2.86. The maximum Gasteiger partial charge on any atom is 0.308 e. The molecular weight excluding hydrogens is 344 g/mol. The third-order valence-corrected chi connectivity index (χ3v) is 4.74. The highest BCUT2D eigenvalue weighted by Crippen LogP contribution is 2.24. The van der Waals surface area contributed by atoms with Crippen LogP contribution in [0, 0.1) is 0 Å². The van der Waals surface area contributed by atoms with Crippen molar-refractivity contribution in [3.63, 3.8) is 0 Å². The molecule has 1 unspecified atom stereocenters. The molecule has 4 rings (SSSR count). The molecular formula is C21H22N2O4. The van der Waals surface area contributed by atoms with Crippen LogP contribution in [-0.4, -0.2) is 35.3 Å². The molecule has 3 aromatic rings. The second-order valence-electron chi connectivity index (χ2n) is 6.55. The molecule has 140 valence electrons. The van der Waals surface area contributed by atoms with Gasteiger partial charge in [0.2, 0.25) is 0 Å². The average Bonchev–Trinajstić information content (AvgIpc) is 3.33. The first-order valence-electron chi connectivity index (χ1n) is 9.12. The first kappa shape index (κ1) is 17.5. The van der Waals surface area contributed by atoms with Gasteiger partial charge in [-0.1, -0.05) is 12.1 Å². The zero-order valence-corrected chi connectivity index (χ0v) is 15.3. The highest BCUT2D eigenvalue weighted by Gasteiger charge is 2.21. The number of hydrogen-bond donors (Lipinski definition) is 0. The topological polar surface area (TPSA) is 62.6 Å². The van der Waals surface area contributed by atoms with Gasteiger partial charge in [-0.2, -0.15) is 0 Å². The number of para-hydroxylation sites is 2. The SMILES string of the molecule is COc1ccc(-n2c(COC(=O)CC3CCCO3)nc3ccccc32)cc1. The Morgan fingerprint density at radius 1 is 1.22 bits per heavy atom. The van der Waals surface area contributed by atoms with Crippen LogP contribution in [0.2, 0.25) is 0 Å². The molecule has 0 radical (unpaired) electrons. The van der Waals surface area contributed by atoms with Crippen molar-refractivity contribution in [2.24, 2.45) is 0 Å². The predicted octanol–water partition coefficient (Wildman–Crippen LogP) is 3.65. The number of aromatic nitrogens is 2. The number of ether oxygens (including phenoxy) is 3. The summed E-state index contributed by atoms with van der Waals surface area (Å²) in [7, 11) is 1.64. The zero-order valence-electron chi connectivity index (χ0n) is 15.3. The molecule has 27 heavy (non-hydrogen) atoms. The Bertz CT molecular complexity index is 927. The Morgan fingerprint density at radius 2 is 2.04 bits per heavy atom. The van der Waals surface area contributed by atoms with Crippen LogP contribution in [-0.2, 0) is 20.9 Å². The second-order valence-corrected chi connectivity index (χ2v) is 6.55. The summed E-state index contributed by atoms with van der Waals surface area (Å²) < 4.78 is 18.3. The zero-order chi connectivity index (χ0) is 18.6. The van der Waals surface area contributed by atoms with Crippen molar-refractivity contribution in [3.05, 3.63) is 54.4 Å². The smallest absolute Gasteiger partial charge is 0.308 e. The van der Waals surface area contributed by atoms with Gasteiger partial charge in [0.15, 0.2) is 5.82 Å². The lowest BCUT2D eigenvalue weighted by atomic mass is 10.2. The standard InChI is InChI=1S/C21H22N2O4/c1-25-16-10-8-15(9-11-16)23-19-7-3-2-6-18(19)22-20(23)14-27-21(24)13-17-5-4-12-26-17/h2-3,6-11,17H,4-5,12-14H2,1H3. The van der Waals surface area contributed by atoms with Gasteiger partial charge < -0.3 is 14.2 Å². The number of hydrogen-bond acceptors (Lipinski definition) is 5. The van der Waals surface area contributed by atoms with E-state index < -0.39 is 0 Å². The van der Waals surface area contributed by atoms with Crippen LogP contribution in [0.3, 0.4) is 0 Å². The van der Waals surface area contributed by atoms with Gasteiger partial charge in [-0.15, -0.1) is 0 Å². The van der Waals surface area contributed by atoms with Crippen molar-refractivity contribution >= 4 is 17.0 Å². The first-order chi connectivity index (χ1) is 13.2. The number of methoxy groups -OCH3 is 1. The maximum atomic E-state index is 12.2. The molecule has 0 aliphatic carbocycles. The summed E-state index contributed by atoms with van der Waals surface area (Å²) in [6.45, 7) is 0.845. The van der Waals surface area contributed by atoms with Gasteiger partial charge in [-0.25, -0.2) is 4.98 Å². The number of fused-ring (bicyclic) bond motifs is 1. The van der Waals surface area contributed by atoms with Crippen molar-refractivity contribution in [1.82, 2.24) is 9.55 Å². The summed E-state index contributed by atoms with van der Waals surface area (Å²) in [5.74, 6) is 1.21. The fourth-order valence-electron chi connectivity index (χ4n) is 3.39. The fraction of sp³-hybridized carbons (Fsp3) is 0.333. The number of imidazole rings is 1. The lowest BCUT2D eigenvalue weighted by molar-refractivity contribution is -0.147. The number of carbonyl (C=O) groups is 1. The molecule has 0 amide bonds. The summed E-state index contributed by atoms with van der Waals surface area (Å²) in [4.78, 5) is 16.8.